The number of aliphatic hydroxyl groups is 1. The van der Waals surface area contributed by atoms with Crippen molar-refractivity contribution >= 4 is 0 Å². The summed E-state index contributed by atoms with van der Waals surface area (Å²) in [6.45, 7) is 9.23. The summed E-state index contributed by atoms with van der Waals surface area (Å²) in [5.41, 5.74) is 6.88. The van der Waals surface area contributed by atoms with E-state index in [1.807, 2.05) is 36.4 Å². The van der Waals surface area contributed by atoms with Crippen LogP contribution in [0.1, 0.15) is 68.9 Å². The van der Waals surface area contributed by atoms with Crippen LogP contribution in [0.15, 0.2) is 72.8 Å². The Kier molecular flexibility index (Phi) is 5.31. The van der Waals surface area contributed by atoms with Gasteiger partial charge in [0.25, 0.3) is 0 Å². The smallest absolute Gasteiger partial charge is 0.140 e. The zero-order valence-corrected chi connectivity index (χ0v) is 18.4. The fourth-order valence-electron chi connectivity index (χ4n) is 4.60. The molecule has 1 heteroatoms. The molecule has 4 rings (SSSR count). The first-order valence-corrected chi connectivity index (χ1v) is 10.8. The maximum Gasteiger partial charge on any atom is 0.140 e. The first-order valence-electron chi connectivity index (χ1n) is 10.8. The van der Waals surface area contributed by atoms with Gasteiger partial charge in [0, 0.05) is 5.56 Å². The summed E-state index contributed by atoms with van der Waals surface area (Å²) in [5, 5.41) is 11.2. The van der Waals surface area contributed by atoms with Gasteiger partial charge in [-0.3, -0.25) is 0 Å². The van der Waals surface area contributed by atoms with Crippen molar-refractivity contribution in [2.45, 2.75) is 57.5 Å². The molecule has 1 atom stereocenters. The molecule has 0 saturated heterocycles. The van der Waals surface area contributed by atoms with Crippen molar-refractivity contribution in [3.05, 3.63) is 95.1 Å². The second kappa shape index (κ2) is 7.78. The quantitative estimate of drug-likeness (QED) is 0.475. The summed E-state index contributed by atoms with van der Waals surface area (Å²) in [6.07, 6.45) is 1.41. The van der Waals surface area contributed by atoms with E-state index in [1.165, 1.54) is 16.7 Å². The molecule has 1 unspecified atom stereocenters. The molecule has 0 radical (unpaired) electrons. The Labute approximate surface area is 180 Å². The fraction of sp³-hybridized carbons (Fsp3) is 0.310. The van der Waals surface area contributed by atoms with Crippen LogP contribution in [0, 0.1) is 11.8 Å². The maximum atomic E-state index is 11.2. The highest BCUT2D eigenvalue weighted by atomic mass is 16.3. The third-order valence-corrected chi connectivity index (χ3v) is 6.48. The largest absolute Gasteiger partial charge is 0.376 e. The SMILES string of the molecule is CC1(C)CCC(C)(C)c2c(C(O)C#Cc3ccccc3)cc(-c3ccccc3)cc21. The average molecular weight is 395 g/mol. The van der Waals surface area contributed by atoms with Crippen LogP contribution in [0.3, 0.4) is 0 Å². The summed E-state index contributed by atoms with van der Waals surface area (Å²) in [6, 6.07) is 24.8. The second-order valence-electron chi connectivity index (χ2n) is 9.66. The molecule has 152 valence electrons. The molecule has 0 fully saturated rings. The zero-order chi connectivity index (χ0) is 21.4. The molecule has 0 bridgehead atoms. The summed E-state index contributed by atoms with van der Waals surface area (Å²) < 4.78 is 0. The van der Waals surface area contributed by atoms with Gasteiger partial charge in [-0.1, -0.05) is 94.1 Å². The third kappa shape index (κ3) is 3.93. The Bertz CT molecular complexity index is 1100. The molecular formula is C29H30O. The molecule has 0 aromatic heterocycles. The van der Waals surface area contributed by atoms with Gasteiger partial charge in [0.05, 0.1) is 0 Å². The predicted octanol–water partition coefficient (Wildman–Crippen LogP) is 6.79. The van der Waals surface area contributed by atoms with E-state index in [9.17, 15) is 5.11 Å². The minimum Gasteiger partial charge on any atom is -0.376 e. The molecule has 1 aliphatic carbocycles. The van der Waals surface area contributed by atoms with Crippen LogP contribution < -0.4 is 0 Å². The van der Waals surface area contributed by atoms with E-state index < -0.39 is 6.10 Å². The minimum atomic E-state index is -0.823. The van der Waals surface area contributed by atoms with E-state index in [0.29, 0.717) is 0 Å². The molecule has 1 nitrogen and oxygen atoms in total. The van der Waals surface area contributed by atoms with Crippen LogP contribution in [0.4, 0.5) is 0 Å². The highest BCUT2D eigenvalue weighted by Crippen LogP contribution is 2.49. The summed E-state index contributed by atoms with van der Waals surface area (Å²) in [5.74, 6) is 6.27. The zero-order valence-electron chi connectivity index (χ0n) is 18.4. The lowest BCUT2D eigenvalue weighted by Gasteiger charge is -2.43. The van der Waals surface area contributed by atoms with Gasteiger partial charge in [-0.2, -0.15) is 0 Å². The first-order chi connectivity index (χ1) is 14.3. The van der Waals surface area contributed by atoms with Gasteiger partial charge in [-0.25, -0.2) is 0 Å². The summed E-state index contributed by atoms with van der Waals surface area (Å²) >= 11 is 0. The van der Waals surface area contributed by atoms with Crippen LogP contribution in [0.5, 0.6) is 0 Å². The standard InChI is InChI=1S/C29H30O/c1-28(2)17-18-29(3,4)27-24(26(30)16-15-21-11-7-5-8-12-21)19-23(20-25(27)28)22-13-9-6-10-14-22/h5-14,19-20,26,30H,17-18H2,1-4H3. The molecule has 0 saturated carbocycles. The second-order valence-corrected chi connectivity index (χ2v) is 9.66. The predicted molar refractivity (Wildman–Crippen MR) is 125 cm³/mol. The fourth-order valence-corrected chi connectivity index (χ4v) is 4.60. The van der Waals surface area contributed by atoms with E-state index in [2.05, 4.69) is 75.9 Å². The van der Waals surface area contributed by atoms with E-state index in [1.54, 1.807) is 0 Å². The number of hydrogen-bond donors (Lipinski definition) is 1. The summed E-state index contributed by atoms with van der Waals surface area (Å²) in [4.78, 5) is 0. The van der Waals surface area contributed by atoms with Gasteiger partial charge in [-0.15, -0.1) is 0 Å². The Morgan fingerprint density at radius 2 is 1.37 bits per heavy atom. The van der Waals surface area contributed by atoms with Gasteiger partial charge >= 0.3 is 0 Å². The van der Waals surface area contributed by atoms with E-state index >= 15 is 0 Å². The molecule has 3 aromatic rings. The van der Waals surface area contributed by atoms with E-state index in [4.69, 9.17) is 0 Å². The van der Waals surface area contributed by atoms with Crippen molar-refractivity contribution in [2.24, 2.45) is 0 Å². The Morgan fingerprint density at radius 3 is 2.03 bits per heavy atom. The number of fused-ring (bicyclic) bond motifs is 1. The molecule has 3 aromatic carbocycles. The number of benzene rings is 3. The van der Waals surface area contributed by atoms with Crippen molar-refractivity contribution in [3.63, 3.8) is 0 Å². The van der Waals surface area contributed by atoms with Crippen LogP contribution >= 0.6 is 0 Å². The summed E-state index contributed by atoms with van der Waals surface area (Å²) in [7, 11) is 0. The van der Waals surface area contributed by atoms with E-state index in [-0.39, 0.29) is 10.8 Å². The molecular weight excluding hydrogens is 364 g/mol. The van der Waals surface area contributed by atoms with Crippen LogP contribution in [-0.4, -0.2) is 5.11 Å². The Balaban J connectivity index is 1.91. The van der Waals surface area contributed by atoms with Crippen molar-refractivity contribution in [3.8, 4) is 23.0 Å². The van der Waals surface area contributed by atoms with Crippen molar-refractivity contribution in [2.75, 3.05) is 0 Å². The van der Waals surface area contributed by atoms with Crippen molar-refractivity contribution in [1.82, 2.24) is 0 Å². The monoisotopic (exact) mass is 394 g/mol. The van der Waals surface area contributed by atoms with Crippen molar-refractivity contribution < 1.29 is 5.11 Å². The number of hydrogen-bond acceptors (Lipinski definition) is 1. The highest BCUT2D eigenvalue weighted by molar-refractivity contribution is 5.69. The van der Waals surface area contributed by atoms with Crippen LogP contribution in [0.25, 0.3) is 11.1 Å². The molecule has 1 aliphatic rings. The number of aliphatic hydroxyl groups excluding tert-OH is 1. The minimum absolute atomic E-state index is 0.00477. The highest BCUT2D eigenvalue weighted by Gasteiger charge is 2.39. The maximum absolute atomic E-state index is 11.2. The van der Waals surface area contributed by atoms with Gasteiger partial charge in [-0.05, 0) is 69.7 Å². The topological polar surface area (TPSA) is 20.2 Å². The van der Waals surface area contributed by atoms with Gasteiger partial charge in [0.1, 0.15) is 6.10 Å². The van der Waals surface area contributed by atoms with Crippen LogP contribution in [0.2, 0.25) is 0 Å². The normalized spacial score (nSPS) is 17.4. The van der Waals surface area contributed by atoms with Crippen molar-refractivity contribution in [1.29, 1.82) is 0 Å². The lowest BCUT2D eigenvalue weighted by atomic mass is 9.61. The first kappa shape index (κ1) is 20.5. The van der Waals surface area contributed by atoms with Crippen LogP contribution in [-0.2, 0) is 10.8 Å². The average Bonchev–Trinajstić information content (AvgIpc) is 2.76. The van der Waals surface area contributed by atoms with Gasteiger partial charge < -0.3 is 5.11 Å². The molecule has 0 aliphatic heterocycles. The van der Waals surface area contributed by atoms with Gasteiger partial charge in [0.15, 0.2) is 0 Å². The lowest BCUT2D eigenvalue weighted by molar-refractivity contribution is 0.230. The molecule has 1 N–H and O–H groups in total. The van der Waals surface area contributed by atoms with E-state index in [0.717, 1.165) is 29.5 Å². The van der Waals surface area contributed by atoms with Gasteiger partial charge in [0.2, 0.25) is 0 Å². The Morgan fingerprint density at radius 1 is 0.767 bits per heavy atom. The molecule has 0 amide bonds. The lowest BCUT2D eigenvalue weighted by Crippen LogP contribution is -2.35. The molecule has 0 heterocycles. The molecule has 0 spiro atoms. The third-order valence-electron chi connectivity index (χ3n) is 6.48. The number of rotatable bonds is 2. The Hall–Kier alpha value is -2.82. The molecule has 30 heavy (non-hydrogen) atoms.